The maximum absolute atomic E-state index is 13.7. The summed E-state index contributed by atoms with van der Waals surface area (Å²) in [6.07, 6.45) is -4.43. The van der Waals surface area contributed by atoms with Gasteiger partial charge in [-0.3, -0.25) is 0 Å². The minimum atomic E-state index is -4.43. The topological polar surface area (TPSA) is 26.0 Å². The van der Waals surface area contributed by atoms with E-state index in [4.69, 9.17) is 5.73 Å². The fourth-order valence-corrected chi connectivity index (χ4v) is 1.88. The van der Waals surface area contributed by atoms with Gasteiger partial charge in [0.15, 0.2) is 0 Å². The van der Waals surface area contributed by atoms with E-state index in [-0.39, 0.29) is 17.7 Å². The highest BCUT2D eigenvalue weighted by atomic mass is 19.4. The van der Waals surface area contributed by atoms with Gasteiger partial charge in [-0.05, 0) is 29.3 Å². The summed E-state index contributed by atoms with van der Waals surface area (Å²) in [5.41, 5.74) is 5.57. The van der Waals surface area contributed by atoms with Crippen molar-refractivity contribution in [1.29, 1.82) is 0 Å². The van der Waals surface area contributed by atoms with E-state index in [1.807, 2.05) is 0 Å². The molecule has 0 unspecified atom stereocenters. The molecule has 0 saturated carbocycles. The molecular weight excluding hydrogens is 258 g/mol. The van der Waals surface area contributed by atoms with Gasteiger partial charge in [0.2, 0.25) is 0 Å². The van der Waals surface area contributed by atoms with Crippen LogP contribution in [0.25, 0.3) is 11.1 Å². The van der Waals surface area contributed by atoms with E-state index in [2.05, 4.69) is 0 Å². The number of halogens is 4. The van der Waals surface area contributed by atoms with Gasteiger partial charge >= 0.3 is 6.18 Å². The second kappa shape index (κ2) is 5.01. The molecule has 5 heteroatoms. The van der Waals surface area contributed by atoms with Crippen LogP contribution in [0, 0.1) is 5.82 Å². The molecule has 0 fully saturated rings. The number of nitrogens with two attached hydrogens (primary N) is 1. The molecule has 0 atom stereocenters. The largest absolute Gasteiger partial charge is 0.416 e. The standard InChI is InChI=1S/C14H11F4N/c15-13-4-2-1-3-12(13)11-6-5-10(14(16,17)18)7-9(11)8-19/h1-7H,8,19H2. The van der Waals surface area contributed by atoms with Crippen molar-refractivity contribution in [3.63, 3.8) is 0 Å². The normalized spacial score (nSPS) is 11.6. The lowest BCUT2D eigenvalue weighted by Gasteiger charge is -2.13. The Hall–Kier alpha value is -1.88. The first-order valence-electron chi connectivity index (χ1n) is 5.58. The molecule has 1 nitrogen and oxygen atoms in total. The van der Waals surface area contributed by atoms with Crippen LogP contribution in [0.1, 0.15) is 11.1 Å². The van der Waals surface area contributed by atoms with Crippen molar-refractivity contribution in [1.82, 2.24) is 0 Å². The molecule has 0 aliphatic carbocycles. The molecule has 0 aliphatic rings. The van der Waals surface area contributed by atoms with Gasteiger partial charge in [-0.1, -0.05) is 24.3 Å². The van der Waals surface area contributed by atoms with Crippen molar-refractivity contribution in [2.75, 3.05) is 0 Å². The molecule has 0 aromatic heterocycles. The molecule has 0 saturated heterocycles. The van der Waals surface area contributed by atoms with E-state index in [0.29, 0.717) is 5.56 Å². The lowest BCUT2D eigenvalue weighted by Crippen LogP contribution is -2.08. The minimum Gasteiger partial charge on any atom is -0.326 e. The first-order valence-corrected chi connectivity index (χ1v) is 5.58. The number of hydrogen-bond donors (Lipinski definition) is 1. The van der Waals surface area contributed by atoms with Crippen LogP contribution in [-0.4, -0.2) is 0 Å². The summed E-state index contributed by atoms with van der Waals surface area (Å²) >= 11 is 0. The zero-order chi connectivity index (χ0) is 14.0. The zero-order valence-electron chi connectivity index (χ0n) is 9.84. The number of alkyl halides is 3. The summed E-state index contributed by atoms with van der Waals surface area (Å²) in [4.78, 5) is 0. The average molecular weight is 269 g/mol. The van der Waals surface area contributed by atoms with Crippen molar-refractivity contribution >= 4 is 0 Å². The first kappa shape index (κ1) is 13.5. The second-order valence-electron chi connectivity index (χ2n) is 4.05. The van der Waals surface area contributed by atoms with Gasteiger partial charge in [0.1, 0.15) is 5.82 Å². The summed E-state index contributed by atoms with van der Waals surface area (Å²) in [6.45, 7) is -0.0897. The molecule has 0 aliphatic heterocycles. The molecule has 0 spiro atoms. The van der Waals surface area contributed by atoms with Gasteiger partial charge < -0.3 is 5.73 Å². The SMILES string of the molecule is NCc1cc(C(F)(F)F)ccc1-c1ccccc1F. The van der Waals surface area contributed by atoms with Crippen LogP contribution in [-0.2, 0) is 12.7 Å². The molecule has 0 bridgehead atoms. The molecule has 19 heavy (non-hydrogen) atoms. The quantitative estimate of drug-likeness (QED) is 0.820. The van der Waals surface area contributed by atoms with Crippen molar-refractivity contribution in [3.8, 4) is 11.1 Å². The van der Waals surface area contributed by atoms with Crippen LogP contribution in [0.3, 0.4) is 0 Å². The van der Waals surface area contributed by atoms with Gasteiger partial charge in [-0.25, -0.2) is 4.39 Å². The van der Waals surface area contributed by atoms with E-state index in [1.54, 1.807) is 6.07 Å². The fourth-order valence-electron chi connectivity index (χ4n) is 1.88. The Labute approximate surface area is 107 Å². The molecular formula is C14H11F4N. The van der Waals surface area contributed by atoms with Crippen molar-refractivity contribution < 1.29 is 17.6 Å². The highest BCUT2D eigenvalue weighted by molar-refractivity contribution is 5.68. The van der Waals surface area contributed by atoms with E-state index >= 15 is 0 Å². The highest BCUT2D eigenvalue weighted by Crippen LogP contribution is 2.33. The highest BCUT2D eigenvalue weighted by Gasteiger charge is 2.31. The summed E-state index contributed by atoms with van der Waals surface area (Å²) in [5, 5.41) is 0. The summed E-state index contributed by atoms with van der Waals surface area (Å²) in [7, 11) is 0. The summed E-state index contributed by atoms with van der Waals surface area (Å²) in [6, 6.07) is 9.05. The van der Waals surface area contributed by atoms with Crippen molar-refractivity contribution in [2.45, 2.75) is 12.7 Å². The molecule has 2 rings (SSSR count). The maximum Gasteiger partial charge on any atom is 0.416 e. The van der Waals surface area contributed by atoms with Crippen LogP contribution in [0.4, 0.5) is 17.6 Å². The van der Waals surface area contributed by atoms with Gasteiger partial charge in [0.05, 0.1) is 5.56 Å². The maximum atomic E-state index is 13.7. The summed E-state index contributed by atoms with van der Waals surface area (Å²) < 4.78 is 51.5. The molecule has 0 amide bonds. The zero-order valence-corrected chi connectivity index (χ0v) is 9.84. The first-order chi connectivity index (χ1) is 8.93. The van der Waals surface area contributed by atoms with Crippen molar-refractivity contribution in [2.24, 2.45) is 5.73 Å². The lowest BCUT2D eigenvalue weighted by atomic mass is 9.97. The third-order valence-corrected chi connectivity index (χ3v) is 2.82. The predicted octanol–water partition coefficient (Wildman–Crippen LogP) is 3.97. The predicted molar refractivity (Wildman–Crippen MR) is 64.7 cm³/mol. The third-order valence-electron chi connectivity index (χ3n) is 2.82. The smallest absolute Gasteiger partial charge is 0.326 e. The molecule has 2 aromatic carbocycles. The number of hydrogen-bond acceptors (Lipinski definition) is 1. The Morgan fingerprint density at radius 2 is 1.63 bits per heavy atom. The Bertz CT molecular complexity index is 590. The summed E-state index contributed by atoms with van der Waals surface area (Å²) in [5.74, 6) is -0.489. The second-order valence-corrected chi connectivity index (χ2v) is 4.05. The van der Waals surface area contributed by atoms with Gasteiger partial charge in [0, 0.05) is 12.1 Å². The number of benzene rings is 2. The van der Waals surface area contributed by atoms with Crippen LogP contribution >= 0.6 is 0 Å². The molecule has 2 aromatic rings. The average Bonchev–Trinajstić information content (AvgIpc) is 2.37. The van der Waals surface area contributed by atoms with Crippen LogP contribution < -0.4 is 5.73 Å². The third kappa shape index (κ3) is 2.76. The monoisotopic (exact) mass is 269 g/mol. The van der Waals surface area contributed by atoms with Crippen LogP contribution in [0.5, 0.6) is 0 Å². The van der Waals surface area contributed by atoms with E-state index < -0.39 is 17.6 Å². The Morgan fingerprint density at radius 3 is 2.21 bits per heavy atom. The van der Waals surface area contributed by atoms with Crippen LogP contribution in [0.15, 0.2) is 42.5 Å². The van der Waals surface area contributed by atoms with E-state index in [9.17, 15) is 17.6 Å². The Kier molecular flexibility index (Phi) is 3.57. The lowest BCUT2D eigenvalue weighted by molar-refractivity contribution is -0.137. The van der Waals surface area contributed by atoms with E-state index in [1.165, 1.54) is 24.3 Å². The number of rotatable bonds is 2. The molecule has 2 N–H and O–H groups in total. The fraction of sp³-hybridized carbons (Fsp3) is 0.143. The van der Waals surface area contributed by atoms with Gasteiger partial charge in [-0.15, -0.1) is 0 Å². The van der Waals surface area contributed by atoms with Crippen molar-refractivity contribution in [3.05, 3.63) is 59.4 Å². The Balaban J connectivity index is 2.57. The van der Waals surface area contributed by atoms with Gasteiger partial charge in [-0.2, -0.15) is 13.2 Å². The van der Waals surface area contributed by atoms with Gasteiger partial charge in [0.25, 0.3) is 0 Å². The van der Waals surface area contributed by atoms with Crippen LogP contribution in [0.2, 0.25) is 0 Å². The Morgan fingerprint density at radius 1 is 0.947 bits per heavy atom. The molecule has 0 heterocycles. The van der Waals surface area contributed by atoms with E-state index in [0.717, 1.165) is 12.1 Å². The minimum absolute atomic E-state index is 0.0897. The molecule has 100 valence electrons. The molecule has 0 radical (unpaired) electrons.